The zero-order valence-electron chi connectivity index (χ0n) is 12.7. The van der Waals surface area contributed by atoms with E-state index in [1.54, 1.807) is 0 Å². The number of nitrogens with zero attached hydrogens (tertiary/aromatic N) is 3. The van der Waals surface area contributed by atoms with Crippen LogP contribution in [-0.4, -0.2) is 40.6 Å². The third-order valence-electron chi connectivity index (χ3n) is 5.02. The third kappa shape index (κ3) is 3.54. The molecule has 1 N–H and O–H groups in total. The number of rotatable bonds is 5. The summed E-state index contributed by atoms with van der Waals surface area (Å²) in [4.78, 5) is 6.94. The van der Waals surface area contributed by atoms with Crippen molar-refractivity contribution in [3.63, 3.8) is 0 Å². The van der Waals surface area contributed by atoms with Gasteiger partial charge >= 0.3 is 0 Å². The van der Waals surface area contributed by atoms with Crippen molar-refractivity contribution < 1.29 is 0 Å². The molecule has 2 aliphatic rings. The lowest BCUT2D eigenvalue weighted by molar-refractivity contribution is 0.208. The summed E-state index contributed by atoms with van der Waals surface area (Å²) in [7, 11) is 2.23. The molecule has 1 aliphatic carbocycles. The minimum Gasteiger partial charge on any atom is -0.353 e. The second kappa shape index (κ2) is 6.61. The van der Waals surface area contributed by atoms with E-state index in [9.17, 15) is 0 Å². The molecule has 0 atom stereocenters. The zero-order chi connectivity index (χ0) is 13.8. The Bertz CT molecular complexity index is 400. The van der Waals surface area contributed by atoms with Crippen molar-refractivity contribution in [1.29, 1.82) is 0 Å². The molecule has 0 amide bonds. The number of anilines is 1. The highest BCUT2D eigenvalue weighted by Crippen LogP contribution is 2.23. The van der Waals surface area contributed by atoms with E-state index >= 15 is 0 Å². The van der Waals surface area contributed by atoms with E-state index in [0.717, 1.165) is 18.4 Å². The van der Waals surface area contributed by atoms with Crippen LogP contribution in [0.25, 0.3) is 0 Å². The van der Waals surface area contributed by atoms with Crippen LogP contribution in [0, 0.1) is 5.92 Å². The van der Waals surface area contributed by atoms with Crippen LogP contribution in [0.1, 0.15) is 44.9 Å². The minimum atomic E-state index is 0.652. The first-order valence-corrected chi connectivity index (χ1v) is 8.27. The number of hydrogen-bond acceptors (Lipinski definition) is 3. The van der Waals surface area contributed by atoms with Gasteiger partial charge in [0.2, 0.25) is 5.95 Å². The van der Waals surface area contributed by atoms with Crippen molar-refractivity contribution in [2.45, 2.75) is 57.5 Å². The Balaban J connectivity index is 1.48. The highest BCUT2D eigenvalue weighted by atomic mass is 15.2. The molecule has 1 aromatic heterocycles. The first kappa shape index (κ1) is 13.9. The average molecular weight is 276 g/mol. The fraction of sp³-hybridized carbons (Fsp3) is 0.812. The van der Waals surface area contributed by atoms with Crippen molar-refractivity contribution in [2.75, 3.05) is 25.5 Å². The van der Waals surface area contributed by atoms with Gasteiger partial charge in [-0.25, -0.2) is 4.98 Å². The molecule has 0 radical (unpaired) electrons. The van der Waals surface area contributed by atoms with Crippen LogP contribution in [0.3, 0.4) is 0 Å². The molecule has 2 heterocycles. The first-order chi connectivity index (χ1) is 9.81. The monoisotopic (exact) mass is 276 g/mol. The van der Waals surface area contributed by atoms with E-state index in [2.05, 4.69) is 33.0 Å². The van der Waals surface area contributed by atoms with Crippen molar-refractivity contribution >= 4 is 5.95 Å². The van der Waals surface area contributed by atoms with E-state index in [-0.39, 0.29) is 0 Å². The maximum Gasteiger partial charge on any atom is 0.202 e. The zero-order valence-corrected chi connectivity index (χ0v) is 12.7. The molecular formula is C16H28N4. The molecule has 4 nitrogen and oxygen atoms in total. The maximum absolute atomic E-state index is 4.50. The van der Waals surface area contributed by atoms with Crippen molar-refractivity contribution in [3.8, 4) is 0 Å². The van der Waals surface area contributed by atoms with Gasteiger partial charge in [0.15, 0.2) is 0 Å². The Morgan fingerprint density at radius 1 is 1.20 bits per heavy atom. The maximum atomic E-state index is 4.50. The Kier molecular flexibility index (Phi) is 4.61. The van der Waals surface area contributed by atoms with Gasteiger partial charge in [-0.15, -0.1) is 0 Å². The van der Waals surface area contributed by atoms with Gasteiger partial charge < -0.3 is 14.8 Å². The summed E-state index contributed by atoms with van der Waals surface area (Å²) in [5, 5.41) is 3.63. The molecule has 1 saturated carbocycles. The molecule has 112 valence electrons. The summed E-state index contributed by atoms with van der Waals surface area (Å²) >= 11 is 0. The van der Waals surface area contributed by atoms with Crippen molar-refractivity contribution in [1.82, 2.24) is 14.5 Å². The summed E-state index contributed by atoms with van der Waals surface area (Å²) in [5.74, 6) is 1.98. The summed E-state index contributed by atoms with van der Waals surface area (Å²) in [5.41, 5.74) is 0. The van der Waals surface area contributed by atoms with Crippen LogP contribution in [0.15, 0.2) is 12.4 Å². The van der Waals surface area contributed by atoms with E-state index in [0.29, 0.717) is 6.04 Å². The van der Waals surface area contributed by atoms with Crippen molar-refractivity contribution in [3.05, 3.63) is 12.4 Å². The van der Waals surface area contributed by atoms with Crippen LogP contribution in [0.4, 0.5) is 5.95 Å². The summed E-state index contributed by atoms with van der Waals surface area (Å²) in [6.45, 7) is 3.65. The Labute approximate surface area is 122 Å². The molecule has 3 rings (SSSR count). The van der Waals surface area contributed by atoms with Gasteiger partial charge in [0.1, 0.15) is 0 Å². The number of likely N-dealkylation sites (tertiary alicyclic amines) is 1. The number of hydrogen-bond donors (Lipinski definition) is 1. The van der Waals surface area contributed by atoms with Crippen LogP contribution in [0.5, 0.6) is 0 Å². The lowest BCUT2D eigenvalue weighted by Crippen LogP contribution is -2.30. The van der Waals surface area contributed by atoms with Gasteiger partial charge in [0, 0.05) is 25.0 Å². The first-order valence-electron chi connectivity index (χ1n) is 8.27. The predicted octanol–water partition coefficient (Wildman–Crippen LogP) is 2.97. The Morgan fingerprint density at radius 3 is 2.70 bits per heavy atom. The minimum absolute atomic E-state index is 0.652. The second-order valence-corrected chi connectivity index (χ2v) is 6.61. The summed E-state index contributed by atoms with van der Waals surface area (Å²) in [6, 6.07) is 0.652. The average Bonchev–Trinajstić information content (AvgIpc) is 3.11. The normalized spacial score (nSPS) is 22.4. The van der Waals surface area contributed by atoms with E-state index in [1.165, 1.54) is 58.0 Å². The van der Waals surface area contributed by atoms with E-state index < -0.39 is 0 Å². The van der Waals surface area contributed by atoms with Gasteiger partial charge in [0.25, 0.3) is 0 Å². The van der Waals surface area contributed by atoms with Gasteiger partial charge in [0.05, 0.1) is 0 Å². The standard InChI is InChI=1S/C16H28N4/c1-19-10-6-14(7-11-19)8-12-20-13-9-17-16(20)18-15-4-2-3-5-15/h9,13-15H,2-8,10-12H2,1H3,(H,17,18). The molecule has 2 fully saturated rings. The van der Waals surface area contributed by atoms with Gasteiger partial charge in [-0.1, -0.05) is 12.8 Å². The van der Waals surface area contributed by atoms with Gasteiger partial charge in [-0.3, -0.25) is 0 Å². The fourth-order valence-electron chi connectivity index (χ4n) is 3.55. The second-order valence-electron chi connectivity index (χ2n) is 6.61. The summed E-state index contributed by atoms with van der Waals surface area (Å²) < 4.78 is 2.32. The predicted molar refractivity (Wildman–Crippen MR) is 82.9 cm³/mol. The number of aryl methyl sites for hydroxylation is 1. The lowest BCUT2D eigenvalue weighted by Gasteiger charge is -2.29. The lowest BCUT2D eigenvalue weighted by atomic mass is 9.94. The Morgan fingerprint density at radius 2 is 1.95 bits per heavy atom. The number of aromatic nitrogens is 2. The molecule has 4 heteroatoms. The Hall–Kier alpha value is -1.03. The summed E-state index contributed by atoms with van der Waals surface area (Å²) in [6.07, 6.45) is 13.4. The van der Waals surface area contributed by atoms with Gasteiger partial charge in [-0.2, -0.15) is 0 Å². The van der Waals surface area contributed by atoms with Crippen LogP contribution in [0.2, 0.25) is 0 Å². The molecule has 20 heavy (non-hydrogen) atoms. The van der Waals surface area contributed by atoms with Crippen LogP contribution < -0.4 is 5.32 Å². The molecule has 1 saturated heterocycles. The molecule has 0 bridgehead atoms. The van der Waals surface area contributed by atoms with Gasteiger partial charge in [-0.05, 0) is 58.2 Å². The van der Waals surface area contributed by atoms with E-state index in [1.807, 2.05) is 6.20 Å². The molecule has 0 aromatic carbocycles. The number of piperidine rings is 1. The molecule has 0 unspecified atom stereocenters. The molecular weight excluding hydrogens is 248 g/mol. The van der Waals surface area contributed by atoms with Crippen molar-refractivity contribution in [2.24, 2.45) is 5.92 Å². The van der Waals surface area contributed by atoms with Crippen LogP contribution >= 0.6 is 0 Å². The topological polar surface area (TPSA) is 33.1 Å². The number of imidazole rings is 1. The van der Waals surface area contributed by atoms with E-state index in [4.69, 9.17) is 0 Å². The highest BCUT2D eigenvalue weighted by molar-refractivity contribution is 5.27. The molecule has 0 spiro atoms. The number of nitrogens with one attached hydrogen (secondary N) is 1. The fourth-order valence-corrected chi connectivity index (χ4v) is 3.55. The van der Waals surface area contributed by atoms with Crippen LogP contribution in [-0.2, 0) is 6.54 Å². The largest absolute Gasteiger partial charge is 0.353 e. The quantitative estimate of drug-likeness (QED) is 0.897. The molecule has 1 aromatic rings. The highest BCUT2D eigenvalue weighted by Gasteiger charge is 2.18. The third-order valence-corrected chi connectivity index (χ3v) is 5.02. The molecule has 1 aliphatic heterocycles. The SMILES string of the molecule is CN1CCC(CCn2ccnc2NC2CCCC2)CC1. The smallest absolute Gasteiger partial charge is 0.202 e.